The summed E-state index contributed by atoms with van der Waals surface area (Å²) < 4.78 is 2.25. The van der Waals surface area contributed by atoms with Crippen molar-refractivity contribution in [1.82, 2.24) is 14.8 Å². The molecular weight excluding hydrogens is 170 g/mol. The first-order valence-electron chi connectivity index (χ1n) is 4.28. The number of aromatic nitrogens is 3. The number of fused-ring (bicyclic) bond motifs is 1. The van der Waals surface area contributed by atoms with Gasteiger partial charge in [-0.15, -0.1) is 22.0 Å². The van der Waals surface area contributed by atoms with Gasteiger partial charge in [0.2, 0.25) is 0 Å². The maximum absolute atomic E-state index is 4.20. The first-order valence-corrected chi connectivity index (χ1v) is 5.44. The molecule has 0 unspecified atom stereocenters. The molecule has 3 nitrogen and oxygen atoms in total. The molecule has 0 bridgehead atoms. The van der Waals surface area contributed by atoms with Gasteiger partial charge in [0.1, 0.15) is 11.6 Å². The van der Waals surface area contributed by atoms with E-state index in [2.05, 4.69) is 28.6 Å². The number of nitrogens with zero attached hydrogens (tertiary/aromatic N) is 3. The molecule has 1 aliphatic rings. The SMILES string of the molecule is CC(C)c1nnc2n1CSCC2. The maximum atomic E-state index is 4.20. The lowest BCUT2D eigenvalue weighted by Crippen LogP contribution is -2.12. The smallest absolute Gasteiger partial charge is 0.136 e. The Labute approximate surface area is 76.6 Å². The molecule has 4 heteroatoms. The van der Waals surface area contributed by atoms with Crippen molar-refractivity contribution in [3.8, 4) is 0 Å². The van der Waals surface area contributed by atoms with Gasteiger partial charge in [-0.05, 0) is 0 Å². The number of aryl methyl sites for hydroxylation is 1. The van der Waals surface area contributed by atoms with Crippen LogP contribution in [0.2, 0.25) is 0 Å². The lowest BCUT2D eigenvalue weighted by atomic mass is 10.2. The summed E-state index contributed by atoms with van der Waals surface area (Å²) in [6, 6.07) is 0. The zero-order valence-electron chi connectivity index (χ0n) is 7.45. The van der Waals surface area contributed by atoms with Crippen molar-refractivity contribution in [3.05, 3.63) is 11.6 Å². The zero-order valence-corrected chi connectivity index (χ0v) is 8.27. The second-order valence-corrected chi connectivity index (χ2v) is 4.42. The lowest BCUT2D eigenvalue weighted by molar-refractivity contribution is 0.675. The Morgan fingerprint density at radius 2 is 2.25 bits per heavy atom. The van der Waals surface area contributed by atoms with Gasteiger partial charge in [0, 0.05) is 18.1 Å². The highest BCUT2D eigenvalue weighted by atomic mass is 32.2. The molecule has 0 saturated carbocycles. The average Bonchev–Trinajstić information content (AvgIpc) is 2.47. The topological polar surface area (TPSA) is 30.7 Å². The number of rotatable bonds is 1. The molecule has 12 heavy (non-hydrogen) atoms. The summed E-state index contributed by atoms with van der Waals surface area (Å²) >= 11 is 1.96. The summed E-state index contributed by atoms with van der Waals surface area (Å²) in [7, 11) is 0. The minimum atomic E-state index is 0.491. The highest BCUT2D eigenvalue weighted by molar-refractivity contribution is 7.98. The summed E-state index contributed by atoms with van der Waals surface area (Å²) in [4.78, 5) is 0. The van der Waals surface area contributed by atoms with Crippen molar-refractivity contribution in [3.63, 3.8) is 0 Å². The molecule has 0 radical (unpaired) electrons. The van der Waals surface area contributed by atoms with Crippen LogP contribution in [0.5, 0.6) is 0 Å². The number of hydrogen-bond acceptors (Lipinski definition) is 3. The molecule has 0 aliphatic carbocycles. The van der Waals surface area contributed by atoms with Crippen LogP contribution >= 0.6 is 11.8 Å². The van der Waals surface area contributed by atoms with Gasteiger partial charge in [-0.1, -0.05) is 13.8 Å². The Morgan fingerprint density at radius 1 is 1.42 bits per heavy atom. The van der Waals surface area contributed by atoms with Gasteiger partial charge in [-0.2, -0.15) is 0 Å². The molecule has 66 valence electrons. The second-order valence-electron chi connectivity index (χ2n) is 3.34. The van der Waals surface area contributed by atoms with Crippen molar-refractivity contribution < 1.29 is 0 Å². The molecule has 2 rings (SSSR count). The third-order valence-electron chi connectivity index (χ3n) is 2.06. The van der Waals surface area contributed by atoms with Crippen LogP contribution < -0.4 is 0 Å². The van der Waals surface area contributed by atoms with Crippen LogP contribution in [0, 0.1) is 0 Å². The molecule has 0 saturated heterocycles. The minimum absolute atomic E-state index is 0.491. The molecule has 0 spiro atoms. The zero-order chi connectivity index (χ0) is 8.55. The summed E-state index contributed by atoms with van der Waals surface area (Å²) in [6.45, 7) is 4.33. The van der Waals surface area contributed by atoms with E-state index in [0.717, 1.165) is 23.9 Å². The molecule has 2 heterocycles. The molecule has 0 fully saturated rings. The van der Waals surface area contributed by atoms with E-state index in [1.807, 2.05) is 11.8 Å². The fourth-order valence-electron chi connectivity index (χ4n) is 1.42. The average molecular weight is 183 g/mol. The Morgan fingerprint density at radius 3 is 3.00 bits per heavy atom. The first-order chi connectivity index (χ1) is 5.79. The van der Waals surface area contributed by atoms with Gasteiger partial charge < -0.3 is 4.57 Å². The van der Waals surface area contributed by atoms with Crippen LogP contribution in [-0.2, 0) is 12.3 Å². The second kappa shape index (κ2) is 3.09. The van der Waals surface area contributed by atoms with E-state index in [1.54, 1.807) is 0 Å². The monoisotopic (exact) mass is 183 g/mol. The van der Waals surface area contributed by atoms with Gasteiger partial charge in [0.15, 0.2) is 0 Å². The van der Waals surface area contributed by atoms with Crippen molar-refractivity contribution in [2.45, 2.75) is 32.1 Å². The maximum Gasteiger partial charge on any atom is 0.136 e. The van der Waals surface area contributed by atoms with E-state index >= 15 is 0 Å². The van der Waals surface area contributed by atoms with E-state index in [4.69, 9.17) is 0 Å². The molecule has 1 aromatic rings. The fourth-order valence-corrected chi connectivity index (χ4v) is 2.34. The highest BCUT2D eigenvalue weighted by Gasteiger charge is 2.17. The van der Waals surface area contributed by atoms with Crippen LogP contribution in [-0.4, -0.2) is 20.5 Å². The Kier molecular flexibility index (Phi) is 2.09. The standard InChI is InChI=1S/C8H13N3S/c1-6(2)8-10-9-7-3-4-12-5-11(7)8/h6H,3-5H2,1-2H3. The van der Waals surface area contributed by atoms with E-state index in [0.29, 0.717) is 5.92 Å². The third-order valence-corrected chi connectivity index (χ3v) is 3.00. The molecule has 0 aromatic carbocycles. The van der Waals surface area contributed by atoms with Gasteiger partial charge in [0.05, 0.1) is 5.88 Å². The predicted molar refractivity (Wildman–Crippen MR) is 50.3 cm³/mol. The fraction of sp³-hybridized carbons (Fsp3) is 0.750. The normalized spacial score (nSPS) is 16.6. The summed E-state index contributed by atoms with van der Waals surface area (Å²) in [6.07, 6.45) is 1.07. The first kappa shape index (κ1) is 8.10. The van der Waals surface area contributed by atoms with Gasteiger partial charge in [0.25, 0.3) is 0 Å². The predicted octanol–water partition coefficient (Wildman–Crippen LogP) is 1.65. The van der Waals surface area contributed by atoms with Crippen molar-refractivity contribution in [2.75, 3.05) is 5.75 Å². The molecule has 1 aromatic heterocycles. The quantitative estimate of drug-likeness (QED) is 0.663. The Balaban J connectivity index is 2.38. The van der Waals surface area contributed by atoms with Crippen molar-refractivity contribution in [2.24, 2.45) is 0 Å². The summed E-state index contributed by atoms with van der Waals surface area (Å²) in [5.74, 6) is 5.02. The van der Waals surface area contributed by atoms with Crippen molar-refractivity contribution >= 4 is 11.8 Å². The summed E-state index contributed by atoms with van der Waals surface area (Å²) in [5.41, 5.74) is 0. The molecular formula is C8H13N3S. The van der Waals surface area contributed by atoms with E-state index in [9.17, 15) is 0 Å². The van der Waals surface area contributed by atoms with Crippen molar-refractivity contribution in [1.29, 1.82) is 0 Å². The van der Waals surface area contributed by atoms with Crippen LogP contribution in [0.25, 0.3) is 0 Å². The number of hydrogen-bond donors (Lipinski definition) is 0. The van der Waals surface area contributed by atoms with E-state index in [1.165, 1.54) is 5.75 Å². The van der Waals surface area contributed by atoms with E-state index < -0.39 is 0 Å². The third kappa shape index (κ3) is 1.24. The molecule has 0 atom stereocenters. The highest BCUT2D eigenvalue weighted by Crippen LogP contribution is 2.21. The van der Waals surface area contributed by atoms with Gasteiger partial charge >= 0.3 is 0 Å². The van der Waals surface area contributed by atoms with E-state index in [-0.39, 0.29) is 0 Å². The largest absolute Gasteiger partial charge is 0.305 e. The van der Waals surface area contributed by atoms with Crippen LogP contribution in [0.4, 0.5) is 0 Å². The van der Waals surface area contributed by atoms with Gasteiger partial charge in [-0.3, -0.25) is 0 Å². The molecule has 1 aliphatic heterocycles. The Hall–Kier alpha value is -0.510. The van der Waals surface area contributed by atoms with Gasteiger partial charge in [-0.25, -0.2) is 0 Å². The lowest BCUT2D eigenvalue weighted by Gasteiger charge is -2.15. The summed E-state index contributed by atoms with van der Waals surface area (Å²) in [5, 5.41) is 8.37. The molecule has 0 N–H and O–H groups in total. The molecule has 0 amide bonds. The minimum Gasteiger partial charge on any atom is -0.305 e. The van der Waals surface area contributed by atoms with Crippen LogP contribution in [0.1, 0.15) is 31.4 Å². The number of thioether (sulfide) groups is 1. The van der Waals surface area contributed by atoms with Crippen LogP contribution in [0.3, 0.4) is 0 Å². The Bertz CT molecular complexity index is 280. The van der Waals surface area contributed by atoms with Crippen LogP contribution in [0.15, 0.2) is 0 Å².